The molecule has 0 saturated carbocycles. The number of carbonyl (C=O) groups is 1. The van der Waals surface area contributed by atoms with Crippen LogP contribution in [0.25, 0.3) is 11.1 Å². The Bertz CT molecular complexity index is 917. The maximum atomic E-state index is 12.7. The first kappa shape index (κ1) is 16.6. The molecule has 0 radical (unpaired) electrons. The van der Waals surface area contributed by atoms with Gasteiger partial charge in [0.2, 0.25) is 5.91 Å². The molecule has 0 bridgehead atoms. The number of aryl methyl sites for hydroxylation is 2. The van der Waals surface area contributed by atoms with Crippen LogP contribution in [0.1, 0.15) is 24.2 Å². The number of fused-ring (bicyclic) bond motifs is 1. The fourth-order valence-corrected chi connectivity index (χ4v) is 3.51. The molecule has 0 spiro atoms. The summed E-state index contributed by atoms with van der Waals surface area (Å²) in [6.07, 6.45) is 1.56. The third kappa shape index (κ3) is 2.94. The Labute approximate surface area is 152 Å². The molecule has 2 aromatic heterocycles. The van der Waals surface area contributed by atoms with Gasteiger partial charge in [0.15, 0.2) is 5.58 Å². The molecule has 7 nitrogen and oxygen atoms in total. The van der Waals surface area contributed by atoms with Crippen LogP contribution >= 0.6 is 0 Å². The number of para-hydroxylation sites is 2. The van der Waals surface area contributed by atoms with Gasteiger partial charge in [-0.1, -0.05) is 12.1 Å². The zero-order chi connectivity index (χ0) is 18.3. The monoisotopic (exact) mass is 353 g/mol. The molecule has 1 amide bonds. The average Bonchev–Trinajstić information content (AvgIpc) is 3.18. The maximum absolute atomic E-state index is 12.7. The van der Waals surface area contributed by atoms with E-state index in [1.165, 1.54) is 0 Å². The third-order valence-corrected chi connectivity index (χ3v) is 5.18. The molecule has 4 rings (SSSR count). The Balaban J connectivity index is 1.40. The van der Waals surface area contributed by atoms with E-state index in [4.69, 9.17) is 4.42 Å². The van der Waals surface area contributed by atoms with Gasteiger partial charge < -0.3 is 14.6 Å². The zero-order valence-corrected chi connectivity index (χ0v) is 15.3. The molecule has 0 atom stereocenters. The van der Waals surface area contributed by atoms with E-state index in [1.807, 2.05) is 45.2 Å². The predicted molar refractivity (Wildman–Crippen MR) is 100 cm³/mol. The van der Waals surface area contributed by atoms with Gasteiger partial charge >= 0.3 is 0 Å². The van der Waals surface area contributed by atoms with Crippen molar-refractivity contribution >= 4 is 28.7 Å². The number of anilines is 2. The lowest BCUT2D eigenvalue weighted by atomic mass is 9.96. The third-order valence-electron chi connectivity index (χ3n) is 5.18. The number of amides is 1. The number of aromatic nitrogens is 3. The lowest BCUT2D eigenvalue weighted by Crippen LogP contribution is -2.38. The van der Waals surface area contributed by atoms with Crippen LogP contribution in [0.3, 0.4) is 0 Å². The summed E-state index contributed by atoms with van der Waals surface area (Å²) in [5.74, 6) is 0.0658. The summed E-state index contributed by atoms with van der Waals surface area (Å²) in [5, 5.41) is 7.42. The Kier molecular flexibility index (Phi) is 4.14. The van der Waals surface area contributed by atoms with Crippen LogP contribution in [0, 0.1) is 19.8 Å². The van der Waals surface area contributed by atoms with Gasteiger partial charge in [0.25, 0.3) is 6.01 Å². The quantitative estimate of drug-likeness (QED) is 0.783. The second-order valence-corrected chi connectivity index (χ2v) is 6.88. The highest BCUT2D eigenvalue weighted by Crippen LogP contribution is 2.27. The van der Waals surface area contributed by atoms with Crippen molar-refractivity contribution in [2.24, 2.45) is 13.0 Å². The predicted octanol–water partition coefficient (Wildman–Crippen LogP) is 3.03. The Hall–Kier alpha value is -2.83. The topological polar surface area (TPSA) is 76.2 Å². The summed E-state index contributed by atoms with van der Waals surface area (Å²) in [4.78, 5) is 19.3. The smallest absolute Gasteiger partial charge is 0.298 e. The summed E-state index contributed by atoms with van der Waals surface area (Å²) in [6, 6.07) is 8.40. The molecule has 1 saturated heterocycles. The number of oxazole rings is 1. The number of rotatable bonds is 3. The molecule has 1 aromatic carbocycles. The lowest BCUT2D eigenvalue weighted by Gasteiger charge is -2.30. The van der Waals surface area contributed by atoms with Crippen molar-refractivity contribution in [2.75, 3.05) is 23.3 Å². The van der Waals surface area contributed by atoms with Crippen molar-refractivity contribution in [2.45, 2.75) is 26.7 Å². The zero-order valence-electron chi connectivity index (χ0n) is 15.3. The lowest BCUT2D eigenvalue weighted by molar-refractivity contribution is -0.120. The summed E-state index contributed by atoms with van der Waals surface area (Å²) >= 11 is 0. The number of carbonyl (C=O) groups excluding carboxylic acids is 1. The molecule has 1 N–H and O–H groups in total. The van der Waals surface area contributed by atoms with Crippen LogP contribution in [0.15, 0.2) is 28.7 Å². The standard InChI is InChI=1S/C19H23N5O2/c1-12-17(13(2)23(3)22-12)21-18(25)14-8-10-24(11-9-14)19-20-15-6-4-5-7-16(15)26-19/h4-7,14H,8-11H2,1-3H3,(H,21,25). The molecule has 3 aromatic rings. The molecule has 1 aliphatic rings. The van der Waals surface area contributed by atoms with Crippen molar-refractivity contribution in [1.82, 2.24) is 14.8 Å². The van der Waals surface area contributed by atoms with E-state index in [2.05, 4.69) is 20.3 Å². The van der Waals surface area contributed by atoms with Crippen LogP contribution < -0.4 is 10.2 Å². The van der Waals surface area contributed by atoms with Gasteiger partial charge in [0.05, 0.1) is 17.1 Å². The van der Waals surface area contributed by atoms with Crippen molar-refractivity contribution in [3.63, 3.8) is 0 Å². The van der Waals surface area contributed by atoms with Gasteiger partial charge in [0, 0.05) is 26.1 Å². The fraction of sp³-hybridized carbons (Fsp3) is 0.421. The van der Waals surface area contributed by atoms with Crippen molar-refractivity contribution in [1.29, 1.82) is 0 Å². The summed E-state index contributed by atoms with van der Waals surface area (Å²) in [7, 11) is 1.89. The van der Waals surface area contributed by atoms with Gasteiger partial charge in [0.1, 0.15) is 5.52 Å². The first-order valence-corrected chi connectivity index (χ1v) is 8.94. The molecule has 7 heteroatoms. The summed E-state index contributed by atoms with van der Waals surface area (Å²) < 4.78 is 7.63. The minimum atomic E-state index is -0.00497. The highest BCUT2D eigenvalue weighted by atomic mass is 16.4. The van der Waals surface area contributed by atoms with Crippen LogP contribution in [-0.4, -0.2) is 33.8 Å². The van der Waals surface area contributed by atoms with Gasteiger partial charge in [-0.25, -0.2) is 0 Å². The van der Waals surface area contributed by atoms with Crippen LogP contribution in [-0.2, 0) is 11.8 Å². The van der Waals surface area contributed by atoms with Crippen molar-refractivity contribution < 1.29 is 9.21 Å². The minimum absolute atomic E-state index is 0.00497. The second kappa shape index (κ2) is 6.48. The minimum Gasteiger partial charge on any atom is -0.423 e. The molecule has 0 unspecified atom stereocenters. The number of benzene rings is 1. The maximum Gasteiger partial charge on any atom is 0.298 e. The van der Waals surface area contributed by atoms with Gasteiger partial charge in [-0.05, 0) is 38.8 Å². The number of nitrogens with zero attached hydrogens (tertiary/aromatic N) is 4. The second-order valence-electron chi connectivity index (χ2n) is 6.88. The van der Waals surface area contributed by atoms with Crippen molar-refractivity contribution in [3.8, 4) is 0 Å². The van der Waals surface area contributed by atoms with E-state index in [1.54, 1.807) is 4.68 Å². The van der Waals surface area contributed by atoms with Crippen LogP contribution in [0.2, 0.25) is 0 Å². The molecule has 136 valence electrons. The molecular weight excluding hydrogens is 330 g/mol. The first-order valence-electron chi connectivity index (χ1n) is 8.94. The highest BCUT2D eigenvalue weighted by molar-refractivity contribution is 5.93. The van der Waals surface area contributed by atoms with E-state index in [0.717, 1.165) is 54.1 Å². The normalized spacial score (nSPS) is 15.6. The number of piperidine rings is 1. The molecule has 0 aliphatic carbocycles. The summed E-state index contributed by atoms with van der Waals surface area (Å²) in [5.41, 5.74) is 4.32. The van der Waals surface area contributed by atoms with E-state index >= 15 is 0 Å². The van der Waals surface area contributed by atoms with Gasteiger partial charge in [-0.3, -0.25) is 9.48 Å². The molecular formula is C19H23N5O2. The molecule has 3 heterocycles. The largest absolute Gasteiger partial charge is 0.423 e. The molecule has 26 heavy (non-hydrogen) atoms. The van der Waals surface area contributed by atoms with E-state index < -0.39 is 0 Å². The number of nitrogens with one attached hydrogen (secondary N) is 1. The van der Waals surface area contributed by atoms with Crippen LogP contribution in [0.4, 0.5) is 11.7 Å². The first-order chi connectivity index (χ1) is 12.5. The van der Waals surface area contributed by atoms with E-state index in [-0.39, 0.29) is 11.8 Å². The number of hydrogen-bond donors (Lipinski definition) is 1. The molecule has 1 fully saturated rings. The van der Waals surface area contributed by atoms with Gasteiger partial charge in [-0.2, -0.15) is 10.1 Å². The average molecular weight is 353 g/mol. The Morgan fingerprint density at radius 2 is 1.96 bits per heavy atom. The molecule has 1 aliphatic heterocycles. The van der Waals surface area contributed by atoms with Gasteiger partial charge in [-0.15, -0.1) is 0 Å². The van der Waals surface area contributed by atoms with E-state index in [0.29, 0.717) is 6.01 Å². The fourth-order valence-electron chi connectivity index (χ4n) is 3.51. The SMILES string of the molecule is Cc1nn(C)c(C)c1NC(=O)C1CCN(c2nc3ccccc3o2)CC1. The highest BCUT2D eigenvalue weighted by Gasteiger charge is 2.28. The Morgan fingerprint density at radius 1 is 1.23 bits per heavy atom. The van der Waals surface area contributed by atoms with Crippen molar-refractivity contribution in [3.05, 3.63) is 35.7 Å². The van der Waals surface area contributed by atoms with Crippen LogP contribution in [0.5, 0.6) is 0 Å². The van der Waals surface area contributed by atoms with E-state index in [9.17, 15) is 4.79 Å². The Morgan fingerprint density at radius 3 is 2.62 bits per heavy atom. The summed E-state index contributed by atoms with van der Waals surface area (Å²) in [6.45, 7) is 5.40. The number of hydrogen-bond acceptors (Lipinski definition) is 5.